The zero-order chi connectivity index (χ0) is 21.0. The van der Waals surface area contributed by atoms with Crippen molar-refractivity contribution in [2.24, 2.45) is 11.8 Å². The largest absolute Gasteiger partial charge is 0.385 e. The maximum Gasteiger partial charge on any atom is 0.168 e. The van der Waals surface area contributed by atoms with Crippen molar-refractivity contribution in [2.45, 2.75) is 80.4 Å². The molecule has 2 N–H and O–H groups in total. The average molecular weight is 363 g/mol. The summed E-state index contributed by atoms with van der Waals surface area (Å²) in [5.41, 5.74) is 4.81. The van der Waals surface area contributed by atoms with E-state index in [9.17, 15) is 19.8 Å². The number of hydrogen-bond donors (Lipinski definition) is 2. The lowest BCUT2D eigenvalue weighted by Gasteiger charge is -2.24. The average Bonchev–Trinajstić information content (AvgIpc) is 2.37. The highest BCUT2D eigenvalue weighted by atomic mass is 16.3. The van der Waals surface area contributed by atoms with Gasteiger partial charge in [0.15, 0.2) is 11.6 Å². The number of carbonyl (C=O) groups excluding carboxylic acids is 2. The Kier molecular flexibility index (Phi) is 8.22. The van der Waals surface area contributed by atoms with Crippen LogP contribution in [-0.2, 0) is 9.59 Å². The van der Waals surface area contributed by atoms with E-state index in [1.165, 1.54) is 13.8 Å². The summed E-state index contributed by atoms with van der Waals surface area (Å²) in [5, 5.41) is 20.8. The molecule has 0 rings (SSSR count). The third-order valence-corrected chi connectivity index (χ3v) is 3.95. The van der Waals surface area contributed by atoms with Crippen LogP contribution < -0.4 is 0 Å². The molecule has 4 heteroatoms. The number of rotatable bonds is 7. The first-order valence-corrected chi connectivity index (χ1v) is 8.99. The molecule has 0 saturated heterocycles. The van der Waals surface area contributed by atoms with Gasteiger partial charge >= 0.3 is 0 Å². The fourth-order valence-electron chi connectivity index (χ4n) is 2.93. The van der Waals surface area contributed by atoms with Crippen LogP contribution in [0.2, 0.25) is 0 Å². The van der Waals surface area contributed by atoms with Crippen molar-refractivity contribution in [1.29, 1.82) is 0 Å². The topological polar surface area (TPSA) is 74.6 Å². The van der Waals surface area contributed by atoms with Crippen LogP contribution in [0.4, 0.5) is 0 Å². The van der Waals surface area contributed by atoms with Crippen LogP contribution in [0.25, 0.3) is 0 Å². The van der Waals surface area contributed by atoms with E-state index in [2.05, 4.69) is 11.5 Å². The van der Waals surface area contributed by atoms with Crippen molar-refractivity contribution in [3.8, 4) is 0 Å². The van der Waals surface area contributed by atoms with E-state index in [0.29, 0.717) is 11.1 Å². The highest BCUT2D eigenvalue weighted by Crippen LogP contribution is 2.27. The zero-order valence-corrected chi connectivity index (χ0v) is 17.9. The molecule has 0 aliphatic carbocycles. The van der Waals surface area contributed by atoms with Crippen molar-refractivity contribution in [3.05, 3.63) is 33.8 Å². The molecule has 0 aromatic heterocycles. The molecule has 26 heavy (non-hydrogen) atoms. The second-order valence-electron chi connectivity index (χ2n) is 8.37. The van der Waals surface area contributed by atoms with Crippen LogP contribution >= 0.6 is 0 Å². The summed E-state index contributed by atoms with van der Waals surface area (Å²) >= 11 is 0. The molecule has 0 spiro atoms. The second-order valence-corrected chi connectivity index (χ2v) is 8.37. The molecular formula is C22H34O4. The Balaban J connectivity index is 7.36. The molecule has 0 saturated carbocycles. The Hall–Kier alpha value is -1.70. The quantitative estimate of drug-likeness (QED) is 0.409. The number of hydrogen-bond acceptors (Lipinski definition) is 4. The lowest BCUT2D eigenvalue weighted by molar-refractivity contribution is -0.116. The minimum Gasteiger partial charge on any atom is -0.385 e. The predicted molar refractivity (Wildman–Crippen MR) is 105 cm³/mol. The van der Waals surface area contributed by atoms with E-state index in [1.54, 1.807) is 27.7 Å². The summed E-state index contributed by atoms with van der Waals surface area (Å²) in [7, 11) is 0. The van der Waals surface area contributed by atoms with Crippen LogP contribution in [0.3, 0.4) is 0 Å². The first kappa shape index (κ1) is 24.3. The third kappa shape index (κ3) is 6.90. The Bertz CT molecular complexity index is 629. The van der Waals surface area contributed by atoms with Gasteiger partial charge in [-0.1, -0.05) is 27.7 Å². The Morgan fingerprint density at radius 3 is 1.04 bits per heavy atom. The maximum atomic E-state index is 12.3. The maximum absolute atomic E-state index is 12.3. The van der Waals surface area contributed by atoms with Crippen LogP contribution in [0.1, 0.15) is 69.2 Å². The molecule has 0 heterocycles. The third-order valence-electron chi connectivity index (χ3n) is 3.95. The summed E-state index contributed by atoms with van der Waals surface area (Å²) in [6.45, 7) is 16.8. The molecule has 0 unspecified atom stereocenters. The molecule has 0 fully saturated rings. The molecule has 4 nitrogen and oxygen atoms in total. The van der Waals surface area contributed by atoms with Crippen molar-refractivity contribution in [1.82, 2.24) is 0 Å². The van der Waals surface area contributed by atoms with Crippen LogP contribution in [-0.4, -0.2) is 33.0 Å². The molecule has 0 aliphatic heterocycles. The van der Waals surface area contributed by atoms with Gasteiger partial charge in [0.1, 0.15) is 0 Å². The molecule has 0 radical (unpaired) electrons. The van der Waals surface area contributed by atoms with Gasteiger partial charge in [-0.2, -0.15) is 0 Å². The van der Waals surface area contributed by atoms with Crippen molar-refractivity contribution in [2.75, 3.05) is 0 Å². The number of Topliss-reactive ketones (excluding diaryl/α,β-unsaturated/α-hetero) is 2. The van der Waals surface area contributed by atoms with Gasteiger partial charge in [-0.3, -0.25) is 9.59 Å². The van der Waals surface area contributed by atoms with Crippen molar-refractivity contribution < 1.29 is 19.8 Å². The molecule has 0 amide bonds. The van der Waals surface area contributed by atoms with Crippen LogP contribution in [0, 0.1) is 11.8 Å². The highest BCUT2D eigenvalue weighted by Gasteiger charge is 2.26. The van der Waals surface area contributed by atoms with E-state index in [-0.39, 0.29) is 34.5 Å². The Morgan fingerprint density at radius 1 is 0.692 bits per heavy atom. The van der Waals surface area contributed by atoms with Gasteiger partial charge < -0.3 is 10.2 Å². The fraction of sp³-hybridized carbons (Fsp3) is 0.636. The minimum atomic E-state index is -1.18. The highest BCUT2D eigenvalue weighted by molar-refractivity contribution is 6.10. The molecule has 0 atom stereocenters. The molecule has 0 bridgehead atoms. The monoisotopic (exact) mass is 362 g/mol. The van der Waals surface area contributed by atoms with Crippen LogP contribution in [0.5, 0.6) is 0 Å². The number of carbonyl (C=O) groups is 2. The lowest BCUT2D eigenvalue weighted by atomic mass is 9.86. The molecule has 146 valence electrons. The van der Waals surface area contributed by atoms with Gasteiger partial charge in [-0.05, 0) is 53.4 Å². The zero-order valence-electron chi connectivity index (χ0n) is 17.9. The van der Waals surface area contributed by atoms with Gasteiger partial charge in [0.05, 0.1) is 22.3 Å². The summed E-state index contributed by atoms with van der Waals surface area (Å²) in [4.78, 5) is 24.6. The normalized spacial score (nSPS) is 11.8. The van der Waals surface area contributed by atoms with E-state index < -0.39 is 11.2 Å². The summed E-state index contributed by atoms with van der Waals surface area (Å²) in [6.07, 6.45) is 0. The molecule has 0 aliphatic rings. The van der Waals surface area contributed by atoms with Gasteiger partial charge in [-0.15, -0.1) is 11.5 Å². The Labute approximate surface area is 158 Å². The van der Waals surface area contributed by atoms with E-state index >= 15 is 0 Å². The predicted octanol–water partition coefficient (Wildman–Crippen LogP) is 3.92. The van der Waals surface area contributed by atoms with E-state index in [4.69, 9.17) is 0 Å². The standard InChI is InChI=1S/C22H34O4/c1-13(2)19(21(7,8)25)11-17(15(5)23)18(16(6)24)12-20(14(3)4)22(9,10)26/h13-14,25-26H,1-10H3. The summed E-state index contributed by atoms with van der Waals surface area (Å²) in [6, 6.07) is 0. The summed E-state index contributed by atoms with van der Waals surface area (Å²) < 4.78 is 0. The lowest BCUT2D eigenvalue weighted by Crippen LogP contribution is -2.26. The molecular weight excluding hydrogens is 328 g/mol. The van der Waals surface area contributed by atoms with Gasteiger partial charge in [0, 0.05) is 11.1 Å². The first-order chi connectivity index (χ1) is 11.5. The van der Waals surface area contributed by atoms with Crippen molar-refractivity contribution in [3.63, 3.8) is 0 Å². The van der Waals surface area contributed by atoms with Gasteiger partial charge in [0.25, 0.3) is 0 Å². The smallest absolute Gasteiger partial charge is 0.168 e. The van der Waals surface area contributed by atoms with Gasteiger partial charge in [0.2, 0.25) is 0 Å². The SMILES string of the molecule is CC(=O)C(=C=C(C(C)C)C(C)(C)O)C(=C=C(C(C)C)C(C)(C)O)C(C)=O. The summed E-state index contributed by atoms with van der Waals surface area (Å²) in [5.74, 6) is -0.825. The van der Waals surface area contributed by atoms with Gasteiger partial charge in [-0.25, -0.2) is 0 Å². The minimum absolute atomic E-state index is 0.0691. The van der Waals surface area contributed by atoms with Crippen molar-refractivity contribution >= 4 is 11.6 Å². The number of ketones is 2. The molecule has 0 aromatic carbocycles. The first-order valence-electron chi connectivity index (χ1n) is 8.99. The fourth-order valence-corrected chi connectivity index (χ4v) is 2.93. The molecule has 0 aromatic rings. The van der Waals surface area contributed by atoms with E-state index in [1.807, 2.05) is 27.7 Å². The van der Waals surface area contributed by atoms with E-state index in [0.717, 1.165) is 0 Å². The van der Waals surface area contributed by atoms with Crippen LogP contribution in [0.15, 0.2) is 33.8 Å². The second kappa shape index (κ2) is 8.79. The number of aliphatic hydroxyl groups is 2. The Morgan fingerprint density at radius 2 is 0.923 bits per heavy atom.